The van der Waals surface area contributed by atoms with Gasteiger partial charge in [-0.3, -0.25) is 5.32 Å². The van der Waals surface area contributed by atoms with Gasteiger partial charge in [0.25, 0.3) is 0 Å². The average Bonchev–Trinajstić information content (AvgIpc) is 2.51. The monoisotopic (exact) mass is 299 g/mol. The van der Waals surface area contributed by atoms with Crippen molar-refractivity contribution in [2.45, 2.75) is 26.7 Å². The fourth-order valence-electron chi connectivity index (χ4n) is 1.83. The summed E-state index contributed by atoms with van der Waals surface area (Å²) in [5, 5.41) is 2.68. The number of hydrogen-bond acceptors (Lipinski definition) is 3. The van der Waals surface area contributed by atoms with Crippen molar-refractivity contribution in [2.24, 2.45) is 0 Å². The molecule has 1 N–H and O–H groups in total. The molecule has 116 valence electrons. The van der Waals surface area contributed by atoms with Gasteiger partial charge in [0, 0.05) is 5.69 Å². The molecule has 0 fully saturated rings. The number of unbranched alkanes of at least 4 members (excludes halogenated alkanes) is 1. The quantitative estimate of drug-likeness (QED) is 0.780. The maximum absolute atomic E-state index is 11.8. The molecule has 0 atom stereocenters. The highest BCUT2D eigenvalue weighted by Crippen LogP contribution is 2.18. The first-order valence-electron chi connectivity index (χ1n) is 7.46. The van der Waals surface area contributed by atoms with Crippen molar-refractivity contribution < 1.29 is 14.3 Å². The van der Waals surface area contributed by atoms with Gasteiger partial charge in [-0.1, -0.05) is 31.0 Å². The molecule has 0 saturated carbocycles. The van der Waals surface area contributed by atoms with Crippen LogP contribution >= 0.6 is 0 Å². The summed E-state index contributed by atoms with van der Waals surface area (Å²) in [5.41, 5.74) is 1.84. The number of rotatable bonds is 6. The summed E-state index contributed by atoms with van der Waals surface area (Å²) in [5.74, 6) is 1.26. The Morgan fingerprint density at radius 2 is 1.64 bits per heavy atom. The van der Waals surface area contributed by atoms with E-state index in [1.807, 2.05) is 31.2 Å². The average molecular weight is 299 g/mol. The summed E-state index contributed by atoms with van der Waals surface area (Å²) in [6.45, 7) is 4.81. The Balaban J connectivity index is 1.84. The van der Waals surface area contributed by atoms with E-state index in [2.05, 4.69) is 12.2 Å². The molecule has 0 aromatic heterocycles. The van der Waals surface area contributed by atoms with Crippen LogP contribution in [0.1, 0.15) is 25.3 Å². The SMILES string of the molecule is CCCCOc1ccc(OC(=O)Nc2ccc(C)cc2)cc1. The molecule has 0 radical (unpaired) electrons. The predicted molar refractivity (Wildman–Crippen MR) is 87.7 cm³/mol. The first-order valence-corrected chi connectivity index (χ1v) is 7.46. The number of carbonyl (C=O) groups excluding carboxylic acids is 1. The zero-order chi connectivity index (χ0) is 15.8. The molecule has 2 aromatic carbocycles. The van der Waals surface area contributed by atoms with Crippen LogP contribution in [0.25, 0.3) is 0 Å². The van der Waals surface area contributed by atoms with Crippen LogP contribution in [0.5, 0.6) is 11.5 Å². The number of nitrogens with one attached hydrogen (secondary N) is 1. The van der Waals surface area contributed by atoms with Crippen molar-refractivity contribution in [3.63, 3.8) is 0 Å². The predicted octanol–water partition coefficient (Wildman–Crippen LogP) is 4.78. The van der Waals surface area contributed by atoms with Gasteiger partial charge in [0.1, 0.15) is 11.5 Å². The van der Waals surface area contributed by atoms with Gasteiger partial charge in [-0.2, -0.15) is 0 Å². The topological polar surface area (TPSA) is 47.6 Å². The molecule has 0 unspecified atom stereocenters. The summed E-state index contributed by atoms with van der Waals surface area (Å²) in [6.07, 6.45) is 1.61. The summed E-state index contributed by atoms with van der Waals surface area (Å²) >= 11 is 0. The van der Waals surface area contributed by atoms with Gasteiger partial charge in [0.05, 0.1) is 6.61 Å². The van der Waals surface area contributed by atoms with Gasteiger partial charge in [0.15, 0.2) is 0 Å². The lowest BCUT2D eigenvalue weighted by molar-refractivity contribution is 0.215. The van der Waals surface area contributed by atoms with Crippen molar-refractivity contribution in [1.29, 1.82) is 0 Å². The molecule has 2 aromatic rings. The number of benzene rings is 2. The third kappa shape index (κ3) is 5.13. The third-order valence-electron chi connectivity index (χ3n) is 3.10. The third-order valence-corrected chi connectivity index (χ3v) is 3.10. The number of amides is 1. The van der Waals surface area contributed by atoms with Gasteiger partial charge >= 0.3 is 6.09 Å². The van der Waals surface area contributed by atoms with Gasteiger partial charge in [0.2, 0.25) is 0 Å². The minimum absolute atomic E-state index is 0.479. The Labute approximate surface area is 131 Å². The second kappa shape index (κ2) is 8.08. The molecular weight excluding hydrogens is 278 g/mol. The highest BCUT2D eigenvalue weighted by molar-refractivity contribution is 5.86. The Hall–Kier alpha value is -2.49. The number of hydrogen-bond donors (Lipinski definition) is 1. The Morgan fingerprint density at radius 1 is 1.00 bits per heavy atom. The van der Waals surface area contributed by atoms with Crippen molar-refractivity contribution in [2.75, 3.05) is 11.9 Å². The number of carbonyl (C=O) groups is 1. The molecule has 1 amide bonds. The van der Waals surface area contributed by atoms with Crippen molar-refractivity contribution in [3.8, 4) is 11.5 Å². The largest absolute Gasteiger partial charge is 0.494 e. The van der Waals surface area contributed by atoms with E-state index < -0.39 is 6.09 Å². The molecule has 0 saturated heterocycles. The van der Waals surface area contributed by atoms with Gasteiger partial charge in [-0.15, -0.1) is 0 Å². The van der Waals surface area contributed by atoms with E-state index in [4.69, 9.17) is 9.47 Å². The molecule has 0 aliphatic heterocycles. The molecule has 0 aliphatic carbocycles. The second-order valence-corrected chi connectivity index (χ2v) is 5.05. The van der Waals surface area contributed by atoms with E-state index in [1.54, 1.807) is 24.3 Å². The van der Waals surface area contributed by atoms with Crippen LogP contribution in [0.4, 0.5) is 10.5 Å². The zero-order valence-electron chi connectivity index (χ0n) is 13.0. The normalized spacial score (nSPS) is 10.1. The molecule has 0 heterocycles. The Kier molecular flexibility index (Phi) is 5.83. The van der Waals surface area contributed by atoms with Crippen molar-refractivity contribution >= 4 is 11.8 Å². The van der Waals surface area contributed by atoms with E-state index in [1.165, 1.54) is 0 Å². The Morgan fingerprint density at radius 3 is 2.27 bits per heavy atom. The smallest absolute Gasteiger partial charge is 0.417 e. The van der Waals surface area contributed by atoms with Crippen LogP contribution in [0.2, 0.25) is 0 Å². The molecule has 4 heteroatoms. The van der Waals surface area contributed by atoms with Crippen molar-refractivity contribution in [1.82, 2.24) is 0 Å². The van der Waals surface area contributed by atoms with E-state index in [0.717, 1.165) is 24.2 Å². The molecule has 0 spiro atoms. The maximum atomic E-state index is 11.8. The minimum Gasteiger partial charge on any atom is -0.494 e. The lowest BCUT2D eigenvalue weighted by atomic mass is 10.2. The fourth-order valence-corrected chi connectivity index (χ4v) is 1.83. The number of anilines is 1. The van der Waals surface area contributed by atoms with E-state index in [9.17, 15) is 4.79 Å². The minimum atomic E-state index is -0.511. The second-order valence-electron chi connectivity index (χ2n) is 5.05. The molecule has 4 nitrogen and oxygen atoms in total. The highest BCUT2D eigenvalue weighted by Gasteiger charge is 2.05. The van der Waals surface area contributed by atoms with Crippen LogP contribution in [0.3, 0.4) is 0 Å². The Bertz CT molecular complexity index is 591. The molecular formula is C18H21NO3. The fraction of sp³-hybridized carbons (Fsp3) is 0.278. The van der Waals surface area contributed by atoms with Crippen molar-refractivity contribution in [3.05, 3.63) is 54.1 Å². The molecule has 2 rings (SSSR count). The van der Waals surface area contributed by atoms with Crippen LogP contribution in [0.15, 0.2) is 48.5 Å². The van der Waals surface area contributed by atoms with E-state index >= 15 is 0 Å². The molecule has 0 aliphatic rings. The van der Waals surface area contributed by atoms with E-state index in [-0.39, 0.29) is 0 Å². The lowest BCUT2D eigenvalue weighted by Crippen LogP contribution is -2.16. The standard InChI is InChI=1S/C18H21NO3/c1-3-4-13-21-16-9-11-17(12-10-16)22-18(20)19-15-7-5-14(2)6-8-15/h5-12H,3-4,13H2,1-2H3,(H,19,20). The van der Waals surface area contributed by atoms with Gasteiger partial charge in [-0.05, 0) is 49.7 Å². The first-order chi connectivity index (χ1) is 10.7. The van der Waals surface area contributed by atoms with E-state index in [0.29, 0.717) is 18.0 Å². The summed E-state index contributed by atoms with van der Waals surface area (Å²) in [7, 11) is 0. The zero-order valence-corrected chi connectivity index (χ0v) is 13.0. The molecule has 22 heavy (non-hydrogen) atoms. The lowest BCUT2D eigenvalue weighted by Gasteiger charge is -2.08. The summed E-state index contributed by atoms with van der Waals surface area (Å²) in [4.78, 5) is 11.8. The summed E-state index contributed by atoms with van der Waals surface area (Å²) in [6, 6.07) is 14.6. The number of aryl methyl sites for hydroxylation is 1. The van der Waals surface area contributed by atoms with Crippen LogP contribution in [-0.4, -0.2) is 12.7 Å². The molecule has 0 bridgehead atoms. The first kappa shape index (κ1) is 15.9. The van der Waals surface area contributed by atoms with Crippen LogP contribution < -0.4 is 14.8 Å². The van der Waals surface area contributed by atoms with Crippen LogP contribution in [0, 0.1) is 6.92 Å². The van der Waals surface area contributed by atoms with Gasteiger partial charge < -0.3 is 9.47 Å². The van der Waals surface area contributed by atoms with Gasteiger partial charge in [-0.25, -0.2) is 4.79 Å². The maximum Gasteiger partial charge on any atom is 0.417 e. The summed E-state index contributed by atoms with van der Waals surface area (Å²) < 4.78 is 10.8. The highest BCUT2D eigenvalue weighted by atomic mass is 16.6. The number of ether oxygens (including phenoxy) is 2. The van der Waals surface area contributed by atoms with Crippen LogP contribution in [-0.2, 0) is 0 Å².